The van der Waals surface area contributed by atoms with E-state index in [1.807, 2.05) is 0 Å². The van der Waals surface area contributed by atoms with Crippen LogP contribution < -0.4 is 21.7 Å². The molecule has 0 saturated carbocycles. The summed E-state index contributed by atoms with van der Waals surface area (Å²) in [5.74, 6) is -4.47. The molecule has 0 aliphatic rings. The fourth-order valence-electron chi connectivity index (χ4n) is 3.12. The maximum Gasteiger partial charge on any atom is 0.326 e. The van der Waals surface area contributed by atoms with Crippen molar-refractivity contribution in [3.8, 4) is 0 Å². The average Bonchev–Trinajstić information content (AvgIpc) is 2.83. The molecule has 0 fully saturated rings. The Kier molecular flexibility index (Phi) is 13.5. The quantitative estimate of drug-likeness (QED) is 0.141. The lowest BCUT2D eigenvalue weighted by Crippen LogP contribution is -2.58. The molecule has 0 aromatic heterocycles. The van der Waals surface area contributed by atoms with E-state index in [2.05, 4.69) is 16.0 Å². The number of carboxylic acids is 2. The first kappa shape index (κ1) is 30.9. The van der Waals surface area contributed by atoms with Gasteiger partial charge >= 0.3 is 11.9 Å². The van der Waals surface area contributed by atoms with Crippen molar-refractivity contribution in [2.45, 2.75) is 62.9 Å². The van der Waals surface area contributed by atoms with E-state index in [0.717, 1.165) is 0 Å². The third-order valence-corrected chi connectivity index (χ3v) is 5.89. The number of rotatable bonds is 16. The van der Waals surface area contributed by atoms with Crippen molar-refractivity contribution < 1.29 is 39.3 Å². The van der Waals surface area contributed by atoms with Gasteiger partial charge in [-0.25, -0.2) is 4.79 Å². The number of nitrogens with two attached hydrogens (primary N) is 1. The van der Waals surface area contributed by atoms with Crippen LogP contribution in [-0.4, -0.2) is 87.3 Å². The number of aliphatic hydroxyl groups excluding tert-OH is 1. The number of benzene rings is 1. The minimum Gasteiger partial charge on any atom is -0.481 e. The number of carbonyl (C=O) groups is 5. The summed E-state index contributed by atoms with van der Waals surface area (Å²) >= 11 is 1.39. The minimum atomic E-state index is -1.37. The molecule has 3 amide bonds. The van der Waals surface area contributed by atoms with E-state index in [1.54, 1.807) is 36.6 Å². The Morgan fingerprint density at radius 3 is 1.97 bits per heavy atom. The highest BCUT2D eigenvalue weighted by Gasteiger charge is 2.31. The minimum absolute atomic E-state index is 0.0175. The maximum atomic E-state index is 13.2. The Hall–Kier alpha value is -3.16. The summed E-state index contributed by atoms with van der Waals surface area (Å²) in [6.45, 7) is 1.32. The van der Waals surface area contributed by atoms with E-state index >= 15 is 0 Å². The molecule has 5 atom stereocenters. The third kappa shape index (κ3) is 11.1. The molecule has 0 saturated heterocycles. The van der Waals surface area contributed by atoms with Crippen molar-refractivity contribution in [1.29, 1.82) is 0 Å². The van der Waals surface area contributed by atoms with Crippen molar-refractivity contribution in [3.05, 3.63) is 35.9 Å². The number of amides is 3. The van der Waals surface area contributed by atoms with Gasteiger partial charge in [-0.2, -0.15) is 11.8 Å². The second-order valence-electron chi connectivity index (χ2n) is 8.19. The van der Waals surface area contributed by atoms with E-state index in [0.29, 0.717) is 11.3 Å². The van der Waals surface area contributed by atoms with E-state index in [1.165, 1.54) is 18.7 Å². The fourth-order valence-corrected chi connectivity index (χ4v) is 3.59. The third-order valence-electron chi connectivity index (χ3n) is 5.24. The van der Waals surface area contributed by atoms with Crippen molar-refractivity contribution in [2.75, 3.05) is 12.0 Å². The second kappa shape index (κ2) is 15.8. The largest absolute Gasteiger partial charge is 0.481 e. The topological polar surface area (TPSA) is 208 Å². The van der Waals surface area contributed by atoms with E-state index < -0.39 is 66.4 Å². The Morgan fingerprint density at radius 1 is 0.889 bits per heavy atom. The van der Waals surface area contributed by atoms with Crippen LogP contribution in [0.2, 0.25) is 0 Å². The zero-order valence-corrected chi connectivity index (χ0v) is 21.0. The van der Waals surface area contributed by atoms with Crippen LogP contribution in [0.3, 0.4) is 0 Å². The van der Waals surface area contributed by atoms with Crippen LogP contribution in [0.5, 0.6) is 0 Å². The van der Waals surface area contributed by atoms with Crippen LogP contribution in [0.15, 0.2) is 30.3 Å². The van der Waals surface area contributed by atoms with E-state index in [4.69, 9.17) is 10.8 Å². The van der Waals surface area contributed by atoms with E-state index in [9.17, 15) is 34.2 Å². The fraction of sp³-hybridized carbons (Fsp3) is 0.522. The van der Waals surface area contributed by atoms with Crippen molar-refractivity contribution in [1.82, 2.24) is 16.0 Å². The van der Waals surface area contributed by atoms with Crippen LogP contribution in [0, 0.1) is 0 Å². The van der Waals surface area contributed by atoms with Gasteiger partial charge in [-0.05, 0) is 37.3 Å². The van der Waals surface area contributed by atoms with Gasteiger partial charge in [0.2, 0.25) is 17.7 Å². The van der Waals surface area contributed by atoms with Gasteiger partial charge in [0.15, 0.2) is 0 Å². The molecule has 12 nitrogen and oxygen atoms in total. The van der Waals surface area contributed by atoms with Gasteiger partial charge < -0.3 is 37.0 Å². The zero-order chi connectivity index (χ0) is 27.3. The molecule has 0 radical (unpaired) electrons. The normalized spacial score (nSPS) is 15.0. The first-order chi connectivity index (χ1) is 17.0. The van der Waals surface area contributed by atoms with Gasteiger partial charge in [-0.3, -0.25) is 19.2 Å². The molecule has 1 rings (SSSR count). The monoisotopic (exact) mass is 526 g/mol. The van der Waals surface area contributed by atoms with Crippen LogP contribution in [0.25, 0.3) is 0 Å². The SMILES string of the molecule is CSCCC(NC(=O)C(CCC(=O)O)NC(=O)C(Cc1ccccc1)NC(=O)C(N)C(C)O)C(=O)O. The number of nitrogens with one attached hydrogen (secondary N) is 3. The van der Waals surface area contributed by atoms with Crippen molar-refractivity contribution >= 4 is 41.4 Å². The van der Waals surface area contributed by atoms with Gasteiger partial charge in [0.1, 0.15) is 24.2 Å². The highest BCUT2D eigenvalue weighted by Crippen LogP contribution is 2.08. The van der Waals surface area contributed by atoms with Crippen molar-refractivity contribution in [3.63, 3.8) is 0 Å². The Balaban J connectivity index is 3.11. The summed E-state index contributed by atoms with van der Waals surface area (Å²) in [5, 5.41) is 35.3. The molecule has 5 unspecified atom stereocenters. The molecule has 200 valence electrons. The molecule has 0 aliphatic heterocycles. The number of aliphatic hydroxyl groups is 1. The number of thioether (sulfide) groups is 1. The zero-order valence-electron chi connectivity index (χ0n) is 20.2. The highest BCUT2D eigenvalue weighted by atomic mass is 32.2. The molecule has 0 spiro atoms. The smallest absolute Gasteiger partial charge is 0.326 e. The molecule has 8 N–H and O–H groups in total. The second-order valence-corrected chi connectivity index (χ2v) is 9.18. The molecule has 0 bridgehead atoms. The van der Waals surface area contributed by atoms with Gasteiger partial charge in [0, 0.05) is 12.8 Å². The summed E-state index contributed by atoms with van der Waals surface area (Å²) in [5.41, 5.74) is 6.35. The first-order valence-corrected chi connectivity index (χ1v) is 12.7. The summed E-state index contributed by atoms with van der Waals surface area (Å²) in [4.78, 5) is 61.1. The van der Waals surface area contributed by atoms with Crippen LogP contribution in [0.4, 0.5) is 0 Å². The standard InChI is InChI=1S/C23H34N4O8S/c1-13(28)19(24)22(33)27-17(12-14-6-4-3-5-7-14)21(32)25-15(8-9-18(29)30)20(31)26-16(23(34)35)10-11-36-2/h3-7,13,15-17,19,28H,8-12,24H2,1-2H3,(H,25,32)(H,26,31)(H,27,33)(H,29,30)(H,34,35). The summed E-state index contributed by atoms with van der Waals surface area (Å²) in [6, 6.07) is 3.56. The predicted molar refractivity (Wildman–Crippen MR) is 133 cm³/mol. The number of carboxylic acid groups (broad SMARTS) is 2. The molecule has 1 aromatic carbocycles. The van der Waals surface area contributed by atoms with Crippen LogP contribution in [0.1, 0.15) is 31.7 Å². The Labute approximate surface area is 213 Å². The van der Waals surface area contributed by atoms with Crippen molar-refractivity contribution in [2.24, 2.45) is 5.73 Å². The summed E-state index contributed by atoms with van der Waals surface area (Å²) in [7, 11) is 0. The van der Waals surface area contributed by atoms with Gasteiger partial charge in [0.05, 0.1) is 6.10 Å². The lowest BCUT2D eigenvalue weighted by atomic mass is 10.0. The highest BCUT2D eigenvalue weighted by molar-refractivity contribution is 7.98. The summed E-state index contributed by atoms with van der Waals surface area (Å²) in [6.07, 6.45) is -0.0324. The lowest BCUT2D eigenvalue weighted by molar-refractivity contribution is -0.143. The van der Waals surface area contributed by atoms with E-state index in [-0.39, 0.29) is 19.3 Å². The van der Waals surface area contributed by atoms with Gasteiger partial charge in [0.25, 0.3) is 0 Å². The lowest BCUT2D eigenvalue weighted by Gasteiger charge is -2.25. The first-order valence-electron chi connectivity index (χ1n) is 11.3. The molecular formula is C23H34N4O8S. The van der Waals surface area contributed by atoms with Crippen LogP contribution >= 0.6 is 11.8 Å². The Morgan fingerprint density at radius 2 is 1.44 bits per heavy atom. The molecule has 0 aliphatic carbocycles. The molecule has 1 aromatic rings. The number of carbonyl (C=O) groups excluding carboxylic acids is 3. The number of hydrogen-bond acceptors (Lipinski definition) is 8. The predicted octanol–water partition coefficient (Wildman–Crippen LogP) is -0.906. The molecule has 13 heteroatoms. The van der Waals surface area contributed by atoms with Gasteiger partial charge in [-0.15, -0.1) is 0 Å². The molecule has 0 heterocycles. The maximum absolute atomic E-state index is 13.2. The summed E-state index contributed by atoms with van der Waals surface area (Å²) < 4.78 is 0. The van der Waals surface area contributed by atoms with Gasteiger partial charge in [-0.1, -0.05) is 30.3 Å². The molecule has 36 heavy (non-hydrogen) atoms. The number of hydrogen-bond donors (Lipinski definition) is 7. The molecular weight excluding hydrogens is 492 g/mol. The Bertz CT molecular complexity index is 899. The van der Waals surface area contributed by atoms with Crippen LogP contribution in [-0.2, 0) is 30.4 Å². The number of aliphatic carboxylic acids is 2. The average molecular weight is 527 g/mol.